The van der Waals surface area contributed by atoms with E-state index in [2.05, 4.69) is 15.5 Å². The van der Waals surface area contributed by atoms with E-state index in [9.17, 15) is 14.9 Å². The number of para-hydroxylation sites is 1. The first-order valence-corrected chi connectivity index (χ1v) is 8.65. The Kier molecular flexibility index (Phi) is 6.61. The van der Waals surface area contributed by atoms with Crippen LogP contribution in [-0.4, -0.2) is 31.3 Å². The van der Waals surface area contributed by atoms with Crippen LogP contribution in [0.2, 0.25) is 0 Å². The Morgan fingerprint density at radius 2 is 1.81 bits per heavy atom. The molecular weight excluding hydrogens is 373 g/mol. The van der Waals surface area contributed by atoms with Crippen molar-refractivity contribution in [1.29, 1.82) is 0 Å². The summed E-state index contributed by atoms with van der Waals surface area (Å²) in [7, 11) is 1.79. The maximum atomic E-state index is 12.0. The minimum atomic E-state index is -0.451. The number of aromatic nitrogens is 3. The van der Waals surface area contributed by atoms with Gasteiger partial charge in [-0.15, -0.1) is 10.2 Å². The van der Waals surface area contributed by atoms with Crippen LogP contribution < -0.4 is 5.32 Å². The normalized spacial score (nSPS) is 10.1. The molecule has 0 spiro atoms. The van der Waals surface area contributed by atoms with E-state index in [1.807, 2.05) is 30.3 Å². The van der Waals surface area contributed by atoms with Crippen molar-refractivity contribution < 1.29 is 14.4 Å². The van der Waals surface area contributed by atoms with Crippen molar-refractivity contribution in [2.45, 2.75) is 5.16 Å². The SMILES string of the molecule is Cn1c(SCC(=O)Nc2ccccc2)nnc1-c1ccc([N+](=O)[O-])cc1.F. The van der Waals surface area contributed by atoms with Gasteiger partial charge in [-0.1, -0.05) is 30.0 Å². The summed E-state index contributed by atoms with van der Waals surface area (Å²) in [6.45, 7) is 0. The molecule has 2 aromatic carbocycles. The second-order valence-electron chi connectivity index (χ2n) is 5.37. The molecule has 0 aliphatic carbocycles. The van der Waals surface area contributed by atoms with Gasteiger partial charge in [0.2, 0.25) is 5.91 Å². The zero-order valence-electron chi connectivity index (χ0n) is 14.2. The van der Waals surface area contributed by atoms with E-state index < -0.39 is 4.92 Å². The highest BCUT2D eigenvalue weighted by atomic mass is 32.2. The van der Waals surface area contributed by atoms with Crippen molar-refractivity contribution in [1.82, 2.24) is 14.8 Å². The summed E-state index contributed by atoms with van der Waals surface area (Å²) in [5.41, 5.74) is 1.47. The number of thioether (sulfide) groups is 1. The lowest BCUT2D eigenvalue weighted by atomic mass is 10.2. The zero-order valence-corrected chi connectivity index (χ0v) is 15.0. The van der Waals surface area contributed by atoms with Gasteiger partial charge in [-0.25, -0.2) is 0 Å². The summed E-state index contributed by atoms with van der Waals surface area (Å²) in [6, 6.07) is 15.3. The fourth-order valence-electron chi connectivity index (χ4n) is 2.27. The fourth-order valence-corrected chi connectivity index (χ4v) is 2.98. The van der Waals surface area contributed by atoms with Crippen LogP contribution in [0.4, 0.5) is 16.1 Å². The number of nitro groups is 1. The van der Waals surface area contributed by atoms with E-state index in [1.165, 1.54) is 23.9 Å². The molecule has 0 saturated heterocycles. The maximum Gasteiger partial charge on any atom is 0.269 e. The summed E-state index contributed by atoms with van der Waals surface area (Å²) in [5, 5.41) is 22.3. The van der Waals surface area contributed by atoms with Gasteiger partial charge < -0.3 is 9.88 Å². The number of hydrogen-bond acceptors (Lipinski definition) is 6. The minimum absolute atomic E-state index is 0. The number of non-ortho nitro benzene ring substituents is 1. The number of carbonyl (C=O) groups excluding carboxylic acids is 1. The number of carbonyl (C=O) groups is 1. The number of hydrogen-bond donors (Lipinski definition) is 1. The molecule has 0 aliphatic rings. The molecule has 1 heterocycles. The standard InChI is InChI=1S/C17H15N5O3S.FH/c1-21-16(12-7-9-14(10-8-12)22(24)25)19-20-17(21)26-11-15(23)18-13-5-3-2-4-6-13;/h2-10H,11H2,1H3,(H,18,23);1H. The molecule has 3 rings (SSSR count). The van der Waals surface area contributed by atoms with Crippen LogP contribution in [0.25, 0.3) is 11.4 Å². The van der Waals surface area contributed by atoms with Crippen LogP contribution in [0.15, 0.2) is 59.8 Å². The number of anilines is 1. The fraction of sp³-hybridized carbons (Fsp3) is 0.118. The molecule has 140 valence electrons. The molecule has 27 heavy (non-hydrogen) atoms. The monoisotopic (exact) mass is 389 g/mol. The molecule has 0 fully saturated rings. The zero-order chi connectivity index (χ0) is 18.5. The van der Waals surface area contributed by atoms with Crippen LogP contribution in [0.5, 0.6) is 0 Å². The number of halogens is 1. The first-order valence-electron chi connectivity index (χ1n) is 7.66. The lowest BCUT2D eigenvalue weighted by Crippen LogP contribution is -2.14. The molecule has 0 radical (unpaired) electrons. The number of benzene rings is 2. The predicted molar refractivity (Wildman–Crippen MR) is 101 cm³/mol. The van der Waals surface area contributed by atoms with E-state index in [1.54, 1.807) is 23.7 Å². The molecule has 1 N–H and O–H groups in total. The van der Waals surface area contributed by atoms with Crippen molar-refractivity contribution in [3.63, 3.8) is 0 Å². The average Bonchev–Trinajstić information content (AvgIpc) is 3.01. The van der Waals surface area contributed by atoms with Crippen LogP contribution in [0.3, 0.4) is 0 Å². The Morgan fingerprint density at radius 1 is 1.15 bits per heavy atom. The molecule has 1 amide bonds. The van der Waals surface area contributed by atoms with E-state index in [-0.39, 0.29) is 22.1 Å². The maximum absolute atomic E-state index is 12.0. The quantitative estimate of drug-likeness (QED) is 0.394. The van der Waals surface area contributed by atoms with E-state index in [0.717, 1.165) is 5.69 Å². The van der Waals surface area contributed by atoms with Crippen molar-refractivity contribution in [2.24, 2.45) is 7.05 Å². The Labute approximate surface area is 158 Å². The molecule has 1 aromatic heterocycles. The van der Waals surface area contributed by atoms with Gasteiger partial charge in [-0.3, -0.25) is 19.6 Å². The highest BCUT2D eigenvalue weighted by Gasteiger charge is 2.14. The molecule has 0 aliphatic heterocycles. The van der Waals surface area contributed by atoms with E-state index >= 15 is 0 Å². The largest absolute Gasteiger partial charge is 0.325 e. The summed E-state index contributed by atoms with van der Waals surface area (Å²) in [4.78, 5) is 22.3. The minimum Gasteiger partial charge on any atom is -0.325 e. The molecule has 0 saturated carbocycles. The molecule has 0 unspecified atom stereocenters. The highest BCUT2D eigenvalue weighted by molar-refractivity contribution is 7.99. The third-order valence-corrected chi connectivity index (χ3v) is 4.58. The van der Waals surface area contributed by atoms with Crippen LogP contribution in [0, 0.1) is 10.1 Å². The van der Waals surface area contributed by atoms with Gasteiger partial charge in [-0.2, -0.15) is 0 Å². The second-order valence-corrected chi connectivity index (χ2v) is 6.31. The molecule has 3 aromatic rings. The van der Waals surface area contributed by atoms with E-state index in [0.29, 0.717) is 16.5 Å². The summed E-state index contributed by atoms with van der Waals surface area (Å²) >= 11 is 1.27. The van der Waals surface area contributed by atoms with Gasteiger partial charge in [0.1, 0.15) is 0 Å². The number of rotatable bonds is 6. The Bertz CT molecular complexity index is 932. The summed E-state index contributed by atoms with van der Waals surface area (Å²) in [6.07, 6.45) is 0. The third-order valence-electron chi connectivity index (χ3n) is 3.56. The number of nitro benzene ring substituents is 1. The third kappa shape index (κ3) is 4.88. The van der Waals surface area contributed by atoms with E-state index in [4.69, 9.17) is 0 Å². The predicted octanol–water partition coefficient (Wildman–Crippen LogP) is 3.27. The lowest BCUT2D eigenvalue weighted by molar-refractivity contribution is -0.384. The molecule has 0 bridgehead atoms. The number of nitrogens with zero attached hydrogens (tertiary/aromatic N) is 4. The Balaban J connectivity index is 0.00000261. The van der Waals surface area contributed by atoms with Crippen molar-refractivity contribution in [2.75, 3.05) is 11.1 Å². The van der Waals surface area contributed by atoms with Gasteiger partial charge in [-0.05, 0) is 24.3 Å². The average molecular weight is 389 g/mol. The van der Waals surface area contributed by atoms with Gasteiger partial charge in [0.15, 0.2) is 11.0 Å². The molecule has 8 nitrogen and oxygen atoms in total. The first kappa shape index (κ1) is 20.0. The Hall–Kier alpha value is -3.27. The van der Waals surface area contributed by atoms with Gasteiger partial charge in [0.05, 0.1) is 10.7 Å². The highest BCUT2D eigenvalue weighted by Crippen LogP contribution is 2.24. The summed E-state index contributed by atoms with van der Waals surface area (Å²) in [5.74, 6) is 0.633. The van der Waals surface area contributed by atoms with Crippen molar-refractivity contribution in [3.8, 4) is 11.4 Å². The molecule has 0 atom stereocenters. The van der Waals surface area contributed by atoms with Crippen molar-refractivity contribution in [3.05, 3.63) is 64.7 Å². The number of amides is 1. The lowest BCUT2D eigenvalue weighted by Gasteiger charge is -2.05. The molecule has 10 heteroatoms. The van der Waals surface area contributed by atoms with Gasteiger partial charge >= 0.3 is 0 Å². The number of nitrogens with one attached hydrogen (secondary N) is 1. The van der Waals surface area contributed by atoms with Crippen LogP contribution in [0.1, 0.15) is 0 Å². The summed E-state index contributed by atoms with van der Waals surface area (Å²) < 4.78 is 1.75. The van der Waals surface area contributed by atoms with Gasteiger partial charge in [0.25, 0.3) is 5.69 Å². The molecular formula is C17H16FN5O3S. The van der Waals surface area contributed by atoms with Crippen LogP contribution >= 0.6 is 11.8 Å². The Morgan fingerprint density at radius 3 is 2.44 bits per heavy atom. The van der Waals surface area contributed by atoms with Crippen molar-refractivity contribution >= 4 is 29.0 Å². The smallest absolute Gasteiger partial charge is 0.269 e. The van der Waals surface area contributed by atoms with Crippen LogP contribution in [-0.2, 0) is 11.8 Å². The second kappa shape index (κ2) is 8.90. The first-order chi connectivity index (χ1) is 12.5. The topological polar surface area (TPSA) is 103 Å². The van der Waals surface area contributed by atoms with Gasteiger partial charge in [0, 0.05) is 30.4 Å².